The fourth-order valence-corrected chi connectivity index (χ4v) is 2.23. The second-order valence-corrected chi connectivity index (χ2v) is 6.05. The summed E-state index contributed by atoms with van der Waals surface area (Å²) in [5.74, 6) is 0. The molecule has 0 aliphatic rings. The van der Waals surface area contributed by atoms with E-state index in [1.54, 1.807) is 0 Å². The van der Waals surface area contributed by atoms with Gasteiger partial charge in [0.25, 0.3) is 0 Å². The van der Waals surface area contributed by atoms with Crippen LogP contribution in [-0.4, -0.2) is 20.3 Å². The van der Waals surface area contributed by atoms with Crippen molar-refractivity contribution in [3.63, 3.8) is 0 Å². The van der Waals surface area contributed by atoms with E-state index in [9.17, 15) is 0 Å². The molecule has 0 aliphatic heterocycles. The van der Waals surface area contributed by atoms with Gasteiger partial charge in [0.15, 0.2) is 0 Å². The van der Waals surface area contributed by atoms with Crippen LogP contribution in [0.1, 0.15) is 57.7 Å². The fraction of sp³-hybridized carbons (Fsp3) is 0.647. The number of benzene rings is 1. The van der Waals surface area contributed by atoms with Gasteiger partial charge in [0.1, 0.15) is 0 Å². The second-order valence-electron chi connectivity index (χ2n) is 6.05. The zero-order valence-electron chi connectivity index (χ0n) is 13.1. The summed E-state index contributed by atoms with van der Waals surface area (Å²) < 4.78 is 5.40. The maximum atomic E-state index is 5.40. The third-order valence-corrected chi connectivity index (χ3v) is 3.51. The van der Waals surface area contributed by atoms with Crippen LogP contribution >= 0.6 is 0 Å². The summed E-state index contributed by atoms with van der Waals surface area (Å²) in [5, 5.41) is 3.40. The van der Waals surface area contributed by atoms with Gasteiger partial charge in [-0.15, -0.1) is 0 Å². The first kappa shape index (κ1) is 16.2. The van der Waals surface area contributed by atoms with Crippen LogP contribution < -0.4 is 5.32 Å². The highest BCUT2D eigenvalue weighted by atomic mass is 16.5. The summed E-state index contributed by atoms with van der Waals surface area (Å²) in [6.45, 7) is 10.5. The van der Waals surface area contributed by atoms with E-state index in [-0.39, 0.29) is 5.41 Å². The summed E-state index contributed by atoms with van der Waals surface area (Å²) in [6, 6.07) is 9.43. The van der Waals surface area contributed by atoms with Crippen molar-refractivity contribution >= 4 is 0 Å². The molecule has 0 fully saturated rings. The van der Waals surface area contributed by atoms with Crippen LogP contribution in [0.4, 0.5) is 0 Å². The van der Waals surface area contributed by atoms with Crippen molar-refractivity contribution in [2.24, 2.45) is 0 Å². The second kappa shape index (κ2) is 7.66. The van der Waals surface area contributed by atoms with Gasteiger partial charge in [0, 0.05) is 19.3 Å². The van der Waals surface area contributed by atoms with Gasteiger partial charge >= 0.3 is 0 Å². The van der Waals surface area contributed by atoms with Gasteiger partial charge in [-0.05, 0) is 43.4 Å². The molecule has 0 spiro atoms. The Morgan fingerprint density at radius 2 is 1.79 bits per heavy atom. The number of ether oxygens (including phenoxy) is 1. The SMILES string of the molecule is CCOCCCC(NC)c1ccc(C(C)(C)C)cc1. The number of hydrogen-bond donors (Lipinski definition) is 1. The Bertz CT molecular complexity index is 351. The van der Waals surface area contributed by atoms with Gasteiger partial charge in [-0.1, -0.05) is 45.0 Å². The monoisotopic (exact) mass is 263 g/mol. The minimum Gasteiger partial charge on any atom is -0.382 e. The first-order valence-electron chi connectivity index (χ1n) is 7.34. The molecule has 0 aliphatic carbocycles. The van der Waals surface area contributed by atoms with Gasteiger partial charge in [-0.2, -0.15) is 0 Å². The molecule has 0 heterocycles. The van der Waals surface area contributed by atoms with E-state index >= 15 is 0 Å². The van der Waals surface area contributed by atoms with Crippen LogP contribution in [0.15, 0.2) is 24.3 Å². The molecule has 1 rings (SSSR count). The van der Waals surface area contributed by atoms with Crippen molar-refractivity contribution in [2.75, 3.05) is 20.3 Å². The molecule has 0 amide bonds. The third kappa shape index (κ3) is 5.33. The quantitative estimate of drug-likeness (QED) is 0.749. The Kier molecular flexibility index (Phi) is 6.53. The molecule has 0 bridgehead atoms. The molecule has 2 nitrogen and oxygen atoms in total. The normalized spacial score (nSPS) is 13.5. The molecule has 0 saturated heterocycles. The van der Waals surface area contributed by atoms with E-state index in [0.717, 1.165) is 26.1 Å². The Hall–Kier alpha value is -0.860. The predicted molar refractivity (Wildman–Crippen MR) is 82.7 cm³/mol. The van der Waals surface area contributed by atoms with E-state index in [0.29, 0.717) is 6.04 Å². The summed E-state index contributed by atoms with van der Waals surface area (Å²) >= 11 is 0. The van der Waals surface area contributed by atoms with Crippen LogP contribution in [0.3, 0.4) is 0 Å². The maximum Gasteiger partial charge on any atom is 0.0466 e. The highest BCUT2D eigenvalue weighted by molar-refractivity contribution is 5.29. The third-order valence-electron chi connectivity index (χ3n) is 3.51. The van der Waals surface area contributed by atoms with Crippen LogP contribution in [0.25, 0.3) is 0 Å². The molecule has 1 atom stereocenters. The highest BCUT2D eigenvalue weighted by Crippen LogP contribution is 2.25. The van der Waals surface area contributed by atoms with Crippen molar-refractivity contribution < 1.29 is 4.74 Å². The summed E-state index contributed by atoms with van der Waals surface area (Å²) in [6.07, 6.45) is 2.21. The molecule has 1 aromatic carbocycles. The van der Waals surface area contributed by atoms with Crippen LogP contribution in [0.5, 0.6) is 0 Å². The average molecular weight is 263 g/mol. The van der Waals surface area contributed by atoms with Crippen LogP contribution in [-0.2, 0) is 10.2 Å². The Morgan fingerprint density at radius 3 is 2.26 bits per heavy atom. The average Bonchev–Trinajstić information content (AvgIpc) is 2.38. The number of hydrogen-bond acceptors (Lipinski definition) is 2. The molecule has 108 valence electrons. The maximum absolute atomic E-state index is 5.40. The standard InChI is InChI=1S/C17H29NO/c1-6-19-13-7-8-16(18-5)14-9-11-15(12-10-14)17(2,3)4/h9-12,16,18H,6-8,13H2,1-5H3. The Balaban J connectivity index is 2.61. The smallest absolute Gasteiger partial charge is 0.0466 e. The summed E-state index contributed by atoms with van der Waals surface area (Å²) in [7, 11) is 2.03. The molecule has 2 heteroatoms. The lowest BCUT2D eigenvalue weighted by Gasteiger charge is -2.21. The molecule has 0 aromatic heterocycles. The zero-order valence-corrected chi connectivity index (χ0v) is 13.1. The largest absolute Gasteiger partial charge is 0.382 e. The van der Waals surface area contributed by atoms with E-state index in [1.807, 2.05) is 14.0 Å². The lowest BCUT2D eigenvalue weighted by atomic mass is 9.86. The number of rotatable bonds is 7. The van der Waals surface area contributed by atoms with Gasteiger partial charge in [-0.3, -0.25) is 0 Å². The summed E-state index contributed by atoms with van der Waals surface area (Å²) in [4.78, 5) is 0. The lowest BCUT2D eigenvalue weighted by Crippen LogP contribution is -2.17. The van der Waals surface area contributed by atoms with Crippen LogP contribution in [0.2, 0.25) is 0 Å². The lowest BCUT2D eigenvalue weighted by molar-refractivity contribution is 0.141. The first-order chi connectivity index (χ1) is 8.99. The molecule has 1 aromatic rings. The van der Waals surface area contributed by atoms with Crippen LogP contribution in [0, 0.1) is 0 Å². The topological polar surface area (TPSA) is 21.3 Å². The minimum atomic E-state index is 0.225. The van der Waals surface area contributed by atoms with Crippen molar-refractivity contribution in [1.82, 2.24) is 5.32 Å². The van der Waals surface area contributed by atoms with Gasteiger partial charge in [0.2, 0.25) is 0 Å². The van der Waals surface area contributed by atoms with E-state index in [4.69, 9.17) is 4.74 Å². The molecule has 1 unspecified atom stereocenters. The number of nitrogens with one attached hydrogen (secondary N) is 1. The molecule has 0 radical (unpaired) electrons. The minimum absolute atomic E-state index is 0.225. The van der Waals surface area contributed by atoms with E-state index in [1.165, 1.54) is 11.1 Å². The Labute approximate surface area is 118 Å². The molecule has 1 N–H and O–H groups in total. The molecular formula is C17H29NO. The first-order valence-corrected chi connectivity index (χ1v) is 7.34. The van der Waals surface area contributed by atoms with Gasteiger partial charge in [-0.25, -0.2) is 0 Å². The molecular weight excluding hydrogens is 234 g/mol. The fourth-order valence-electron chi connectivity index (χ4n) is 2.23. The highest BCUT2D eigenvalue weighted by Gasteiger charge is 2.14. The van der Waals surface area contributed by atoms with Crippen molar-refractivity contribution in [3.8, 4) is 0 Å². The summed E-state index contributed by atoms with van der Waals surface area (Å²) in [5.41, 5.74) is 2.98. The van der Waals surface area contributed by atoms with Gasteiger partial charge < -0.3 is 10.1 Å². The van der Waals surface area contributed by atoms with E-state index in [2.05, 4.69) is 50.4 Å². The van der Waals surface area contributed by atoms with Crippen molar-refractivity contribution in [3.05, 3.63) is 35.4 Å². The molecule has 19 heavy (non-hydrogen) atoms. The predicted octanol–water partition coefficient (Wildman–Crippen LogP) is 4.06. The van der Waals surface area contributed by atoms with E-state index < -0.39 is 0 Å². The Morgan fingerprint density at radius 1 is 1.16 bits per heavy atom. The zero-order chi connectivity index (χ0) is 14.3. The molecule has 0 saturated carbocycles. The van der Waals surface area contributed by atoms with Crippen molar-refractivity contribution in [1.29, 1.82) is 0 Å². The van der Waals surface area contributed by atoms with Gasteiger partial charge in [0.05, 0.1) is 0 Å². The van der Waals surface area contributed by atoms with Crippen molar-refractivity contribution in [2.45, 2.75) is 52.0 Å².